The standard InChI is InChI=1S/C13H11F3O5S/c1-7(6-17)8-2-3-9-10(4-5-11(9)18)12(8)21-22(19,20)13(14,15)16/h2-3,6-7H,4-5H2,1H3. The van der Waals surface area contributed by atoms with E-state index in [2.05, 4.69) is 4.18 Å². The van der Waals surface area contributed by atoms with Gasteiger partial charge in [0.25, 0.3) is 0 Å². The van der Waals surface area contributed by atoms with E-state index in [-0.39, 0.29) is 35.3 Å². The van der Waals surface area contributed by atoms with Crippen molar-refractivity contribution in [3.05, 3.63) is 28.8 Å². The van der Waals surface area contributed by atoms with Crippen LogP contribution in [0.25, 0.3) is 0 Å². The van der Waals surface area contributed by atoms with Crippen LogP contribution in [0, 0.1) is 0 Å². The lowest BCUT2D eigenvalue weighted by molar-refractivity contribution is -0.108. The lowest BCUT2D eigenvalue weighted by Crippen LogP contribution is -2.29. The van der Waals surface area contributed by atoms with Crippen LogP contribution in [0.15, 0.2) is 12.1 Å². The quantitative estimate of drug-likeness (QED) is 0.479. The number of alkyl halides is 3. The molecule has 0 saturated heterocycles. The summed E-state index contributed by atoms with van der Waals surface area (Å²) in [5.41, 5.74) is -5.39. The van der Waals surface area contributed by atoms with Gasteiger partial charge in [-0.05, 0) is 6.42 Å². The maximum absolute atomic E-state index is 12.5. The maximum atomic E-state index is 12.5. The molecular weight excluding hydrogens is 325 g/mol. The summed E-state index contributed by atoms with van der Waals surface area (Å²) in [6.07, 6.45) is 0.568. The summed E-state index contributed by atoms with van der Waals surface area (Å²) in [7, 11) is -5.88. The highest BCUT2D eigenvalue weighted by Gasteiger charge is 2.49. The van der Waals surface area contributed by atoms with Gasteiger partial charge in [0.05, 0.1) is 0 Å². The Labute approximate surface area is 124 Å². The SMILES string of the molecule is CC(C=O)c1ccc2c(c1OS(=O)(=O)C(F)(F)F)CCC2=O. The summed E-state index contributed by atoms with van der Waals surface area (Å²) in [6, 6.07) is 2.61. The highest BCUT2D eigenvalue weighted by atomic mass is 32.2. The van der Waals surface area contributed by atoms with Gasteiger partial charge in [-0.1, -0.05) is 19.1 Å². The lowest BCUT2D eigenvalue weighted by Gasteiger charge is -2.17. The Morgan fingerprint density at radius 1 is 1.27 bits per heavy atom. The number of Topliss-reactive ketones (excluding diaryl/α,β-unsaturated/α-hetero) is 1. The number of carbonyl (C=O) groups is 2. The van der Waals surface area contributed by atoms with Crippen LogP contribution < -0.4 is 4.18 Å². The molecule has 22 heavy (non-hydrogen) atoms. The van der Waals surface area contributed by atoms with Gasteiger partial charge in [-0.15, -0.1) is 0 Å². The molecule has 1 aliphatic rings. The molecule has 1 atom stereocenters. The highest BCUT2D eigenvalue weighted by molar-refractivity contribution is 7.88. The van der Waals surface area contributed by atoms with Gasteiger partial charge in [-0.25, -0.2) is 0 Å². The third kappa shape index (κ3) is 2.72. The highest BCUT2D eigenvalue weighted by Crippen LogP contribution is 2.39. The number of ketones is 1. The molecule has 0 N–H and O–H groups in total. The van der Waals surface area contributed by atoms with Crippen molar-refractivity contribution in [2.75, 3.05) is 0 Å². The lowest BCUT2D eigenvalue weighted by atomic mass is 9.96. The Hall–Kier alpha value is -1.90. The molecule has 1 aromatic rings. The second-order valence-electron chi connectivity index (χ2n) is 4.84. The predicted octanol–water partition coefficient (Wildman–Crippen LogP) is 2.35. The van der Waals surface area contributed by atoms with Gasteiger partial charge >= 0.3 is 15.6 Å². The zero-order valence-corrected chi connectivity index (χ0v) is 12.1. The van der Waals surface area contributed by atoms with E-state index in [0.29, 0.717) is 6.29 Å². The zero-order valence-electron chi connectivity index (χ0n) is 11.3. The van der Waals surface area contributed by atoms with E-state index in [1.807, 2.05) is 0 Å². The Morgan fingerprint density at radius 3 is 2.45 bits per heavy atom. The van der Waals surface area contributed by atoms with Gasteiger partial charge in [0.1, 0.15) is 6.29 Å². The maximum Gasteiger partial charge on any atom is 0.534 e. The van der Waals surface area contributed by atoms with E-state index in [9.17, 15) is 31.2 Å². The number of fused-ring (bicyclic) bond motifs is 1. The first kappa shape index (κ1) is 16.5. The van der Waals surface area contributed by atoms with Gasteiger partial charge in [-0.2, -0.15) is 21.6 Å². The van der Waals surface area contributed by atoms with Crippen LogP contribution in [-0.2, 0) is 21.3 Å². The van der Waals surface area contributed by atoms with E-state index in [0.717, 1.165) is 0 Å². The van der Waals surface area contributed by atoms with Crippen LogP contribution in [0.1, 0.15) is 40.7 Å². The van der Waals surface area contributed by atoms with Crippen LogP contribution in [0.2, 0.25) is 0 Å². The average molecular weight is 336 g/mol. The summed E-state index contributed by atoms with van der Waals surface area (Å²) in [5.74, 6) is -1.76. The Balaban J connectivity index is 2.62. The first-order chi connectivity index (χ1) is 10.1. The number of aldehydes is 1. The van der Waals surface area contributed by atoms with Crippen molar-refractivity contribution in [2.45, 2.75) is 31.2 Å². The van der Waals surface area contributed by atoms with E-state index in [1.165, 1.54) is 19.1 Å². The Kier molecular flexibility index (Phi) is 4.03. The molecule has 0 saturated carbocycles. The summed E-state index contributed by atoms with van der Waals surface area (Å²) >= 11 is 0. The number of halogens is 3. The van der Waals surface area contributed by atoms with E-state index >= 15 is 0 Å². The molecule has 0 heterocycles. The smallest absolute Gasteiger partial charge is 0.375 e. The molecule has 5 nitrogen and oxygen atoms in total. The van der Waals surface area contributed by atoms with Crippen molar-refractivity contribution < 1.29 is 35.4 Å². The third-order valence-corrected chi connectivity index (χ3v) is 4.32. The molecular formula is C13H11F3O5S. The molecule has 9 heteroatoms. The van der Waals surface area contributed by atoms with E-state index < -0.39 is 27.3 Å². The molecule has 0 amide bonds. The largest absolute Gasteiger partial charge is 0.534 e. The van der Waals surface area contributed by atoms with E-state index in [1.54, 1.807) is 0 Å². The van der Waals surface area contributed by atoms with Gasteiger partial charge in [0, 0.05) is 29.0 Å². The van der Waals surface area contributed by atoms with Crippen molar-refractivity contribution >= 4 is 22.2 Å². The summed E-state index contributed by atoms with van der Waals surface area (Å²) in [4.78, 5) is 22.5. The van der Waals surface area contributed by atoms with Crippen LogP contribution in [-0.4, -0.2) is 26.0 Å². The Morgan fingerprint density at radius 2 is 1.91 bits per heavy atom. The first-order valence-corrected chi connectivity index (χ1v) is 7.64. The van der Waals surface area contributed by atoms with E-state index in [4.69, 9.17) is 0 Å². The fourth-order valence-corrected chi connectivity index (χ4v) is 2.73. The number of hydrogen-bond acceptors (Lipinski definition) is 5. The molecule has 1 unspecified atom stereocenters. The fourth-order valence-electron chi connectivity index (χ4n) is 2.22. The van der Waals surface area contributed by atoms with Crippen molar-refractivity contribution in [3.8, 4) is 5.75 Å². The second kappa shape index (κ2) is 5.38. The van der Waals surface area contributed by atoms with Gasteiger partial charge in [0.15, 0.2) is 11.5 Å². The van der Waals surface area contributed by atoms with Gasteiger partial charge < -0.3 is 8.98 Å². The molecule has 0 spiro atoms. The minimum Gasteiger partial charge on any atom is -0.375 e. The number of hydrogen-bond donors (Lipinski definition) is 0. The number of rotatable bonds is 4. The topological polar surface area (TPSA) is 77.5 Å². The third-order valence-electron chi connectivity index (χ3n) is 3.36. The van der Waals surface area contributed by atoms with Crippen LogP contribution >= 0.6 is 0 Å². The van der Waals surface area contributed by atoms with Gasteiger partial charge in [-0.3, -0.25) is 4.79 Å². The Bertz CT molecular complexity index is 737. The molecule has 0 aliphatic heterocycles. The minimum atomic E-state index is -5.88. The fraction of sp³-hybridized carbons (Fsp3) is 0.385. The first-order valence-electron chi connectivity index (χ1n) is 6.23. The monoisotopic (exact) mass is 336 g/mol. The summed E-state index contributed by atoms with van der Waals surface area (Å²) < 4.78 is 64.3. The minimum absolute atomic E-state index is 0.00345. The molecule has 0 bridgehead atoms. The number of benzene rings is 1. The van der Waals surface area contributed by atoms with Crippen LogP contribution in [0.4, 0.5) is 13.2 Å². The molecule has 2 rings (SSSR count). The predicted molar refractivity (Wildman–Crippen MR) is 69.2 cm³/mol. The molecule has 120 valence electrons. The molecule has 0 fully saturated rings. The van der Waals surface area contributed by atoms with Crippen molar-refractivity contribution in [2.24, 2.45) is 0 Å². The van der Waals surface area contributed by atoms with Crippen molar-refractivity contribution in [3.63, 3.8) is 0 Å². The van der Waals surface area contributed by atoms with Gasteiger partial charge in [0.2, 0.25) is 0 Å². The summed E-state index contributed by atoms with van der Waals surface area (Å²) in [6.45, 7) is 1.39. The molecule has 0 radical (unpaired) electrons. The second-order valence-corrected chi connectivity index (χ2v) is 6.38. The molecule has 1 aliphatic carbocycles. The average Bonchev–Trinajstić information content (AvgIpc) is 2.79. The van der Waals surface area contributed by atoms with Crippen molar-refractivity contribution in [1.82, 2.24) is 0 Å². The number of carbonyl (C=O) groups excluding carboxylic acids is 2. The molecule has 1 aromatic carbocycles. The van der Waals surface area contributed by atoms with Crippen molar-refractivity contribution in [1.29, 1.82) is 0 Å². The normalized spacial score (nSPS) is 16.3. The van der Waals surface area contributed by atoms with Crippen LogP contribution in [0.5, 0.6) is 5.75 Å². The summed E-state index contributed by atoms with van der Waals surface area (Å²) in [5, 5.41) is 0. The zero-order chi connectivity index (χ0) is 16.7. The van der Waals surface area contributed by atoms with Crippen LogP contribution in [0.3, 0.4) is 0 Å². The molecule has 0 aromatic heterocycles.